The molecule has 2 rings (SSSR count). The van der Waals surface area contributed by atoms with Crippen molar-refractivity contribution >= 4 is 17.4 Å². The lowest BCUT2D eigenvalue weighted by Crippen LogP contribution is -2.50. The molecule has 1 saturated heterocycles. The maximum atomic E-state index is 12.1. The molecule has 6 heteroatoms. The van der Waals surface area contributed by atoms with Gasteiger partial charge in [0.05, 0.1) is 32.4 Å². The summed E-state index contributed by atoms with van der Waals surface area (Å²) in [4.78, 5) is 25.3. The van der Waals surface area contributed by atoms with Gasteiger partial charge in [0, 0.05) is 17.8 Å². The number of ether oxygens (including phenoxy) is 1. The van der Waals surface area contributed by atoms with E-state index in [0.29, 0.717) is 31.0 Å². The summed E-state index contributed by atoms with van der Waals surface area (Å²) in [6.45, 7) is 3.26. The molecule has 1 aliphatic heterocycles. The van der Waals surface area contributed by atoms with Gasteiger partial charge in [0.2, 0.25) is 5.91 Å². The summed E-state index contributed by atoms with van der Waals surface area (Å²) in [5.74, 6) is -0.212. The van der Waals surface area contributed by atoms with Crippen LogP contribution in [0.4, 0.5) is 5.69 Å². The molecule has 2 N–H and O–H groups in total. The summed E-state index contributed by atoms with van der Waals surface area (Å²) in [5.41, 5.74) is 1.16. The highest BCUT2D eigenvalue weighted by Gasteiger charge is 2.24. The third kappa shape index (κ3) is 4.35. The van der Waals surface area contributed by atoms with Crippen molar-refractivity contribution in [2.45, 2.75) is 13.0 Å². The third-order valence-electron chi connectivity index (χ3n) is 3.46. The molecule has 0 aromatic heterocycles. The topological polar surface area (TPSA) is 78.9 Å². The largest absolute Gasteiger partial charge is 0.395 e. The van der Waals surface area contributed by atoms with E-state index in [9.17, 15) is 14.7 Å². The van der Waals surface area contributed by atoms with Crippen molar-refractivity contribution in [1.29, 1.82) is 0 Å². The summed E-state index contributed by atoms with van der Waals surface area (Å²) in [6, 6.07) is 6.70. The number of anilines is 1. The number of nitrogens with one attached hydrogen (secondary N) is 1. The van der Waals surface area contributed by atoms with Gasteiger partial charge in [-0.05, 0) is 19.1 Å². The number of carbonyl (C=O) groups is 2. The smallest absolute Gasteiger partial charge is 0.238 e. The first-order chi connectivity index (χ1) is 10.1. The molecule has 0 spiro atoms. The van der Waals surface area contributed by atoms with Crippen LogP contribution in [0.25, 0.3) is 0 Å². The average Bonchev–Trinajstić information content (AvgIpc) is 2.48. The fourth-order valence-corrected chi connectivity index (χ4v) is 2.27. The predicted octanol–water partition coefficient (Wildman–Crippen LogP) is 0.521. The van der Waals surface area contributed by atoms with Crippen molar-refractivity contribution in [1.82, 2.24) is 4.90 Å². The van der Waals surface area contributed by atoms with Crippen LogP contribution in [0.1, 0.15) is 17.3 Å². The summed E-state index contributed by atoms with van der Waals surface area (Å²) in [7, 11) is 0. The predicted molar refractivity (Wildman–Crippen MR) is 78.3 cm³/mol. The number of Topliss-reactive ketones (excluding diaryl/α,β-unsaturated/α-hetero) is 1. The number of hydrogen-bond acceptors (Lipinski definition) is 5. The first-order valence-corrected chi connectivity index (χ1v) is 6.93. The Kier molecular flexibility index (Phi) is 5.44. The van der Waals surface area contributed by atoms with Gasteiger partial charge < -0.3 is 15.2 Å². The highest BCUT2D eigenvalue weighted by atomic mass is 16.5. The Bertz CT molecular complexity index is 518. The van der Waals surface area contributed by atoms with E-state index < -0.39 is 0 Å². The molecule has 6 nitrogen and oxygen atoms in total. The van der Waals surface area contributed by atoms with Crippen LogP contribution in [-0.2, 0) is 9.53 Å². The minimum Gasteiger partial charge on any atom is -0.395 e. The van der Waals surface area contributed by atoms with Crippen molar-refractivity contribution < 1.29 is 19.4 Å². The van der Waals surface area contributed by atoms with E-state index >= 15 is 0 Å². The van der Waals surface area contributed by atoms with E-state index in [4.69, 9.17) is 4.74 Å². The van der Waals surface area contributed by atoms with Gasteiger partial charge in [-0.3, -0.25) is 14.5 Å². The molecule has 21 heavy (non-hydrogen) atoms. The lowest BCUT2D eigenvalue weighted by atomic mass is 10.1. The molecule has 0 saturated carbocycles. The molecule has 1 aromatic carbocycles. The standard InChI is InChI=1S/C15H20N2O4/c1-11(19)12-3-2-4-13(7-12)16-15(20)8-17-5-6-21-10-14(17)9-18/h2-4,7,14,18H,5-6,8-10H2,1H3,(H,16,20). The third-order valence-corrected chi connectivity index (χ3v) is 3.46. The second-order valence-corrected chi connectivity index (χ2v) is 5.07. The lowest BCUT2D eigenvalue weighted by molar-refractivity contribution is -0.120. The summed E-state index contributed by atoms with van der Waals surface area (Å²) in [5, 5.41) is 12.0. The van der Waals surface area contributed by atoms with Crippen molar-refractivity contribution in [3.63, 3.8) is 0 Å². The van der Waals surface area contributed by atoms with Gasteiger partial charge in [-0.1, -0.05) is 12.1 Å². The molecule has 0 radical (unpaired) electrons. The van der Waals surface area contributed by atoms with Crippen molar-refractivity contribution in [3.05, 3.63) is 29.8 Å². The summed E-state index contributed by atoms with van der Waals surface area (Å²) < 4.78 is 5.27. The molecule has 1 unspecified atom stereocenters. The molecule has 1 amide bonds. The zero-order valence-electron chi connectivity index (χ0n) is 12.0. The highest BCUT2D eigenvalue weighted by molar-refractivity contribution is 5.97. The maximum absolute atomic E-state index is 12.1. The molecule has 1 aromatic rings. The molecule has 1 fully saturated rings. The van der Waals surface area contributed by atoms with Crippen LogP contribution < -0.4 is 5.32 Å². The van der Waals surface area contributed by atoms with Gasteiger partial charge in [0.1, 0.15) is 0 Å². The number of hydrogen-bond donors (Lipinski definition) is 2. The number of benzene rings is 1. The molecular formula is C15H20N2O4. The Morgan fingerprint density at radius 3 is 3.00 bits per heavy atom. The van der Waals surface area contributed by atoms with Crippen molar-refractivity contribution in [3.8, 4) is 0 Å². The number of aliphatic hydroxyl groups excluding tert-OH is 1. The monoisotopic (exact) mass is 292 g/mol. The Morgan fingerprint density at radius 1 is 1.48 bits per heavy atom. The lowest BCUT2D eigenvalue weighted by Gasteiger charge is -2.33. The number of aliphatic hydroxyl groups is 1. The van der Waals surface area contributed by atoms with Gasteiger partial charge in [0.25, 0.3) is 0 Å². The number of nitrogens with zero attached hydrogens (tertiary/aromatic N) is 1. The van der Waals surface area contributed by atoms with Gasteiger partial charge in [-0.25, -0.2) is 0 Å². The van der Waals surface area contributed by atoms with Gasteiger partial charge in [0.15, 0.2) is 5.78 Å². The minimum absolute atomic E-state index is 0.0346. The number of carbonyl (C=O) groups excluding carboxylic acids is 2. The quantitative estimate of drug-likeness (QED) is 0.774. The molecular weight excluding hydrogens is 272 g/mol. The zero-order valence-corrected chi connectivity index (χ0v) is 12.0. The fourth-order valence-electron chi connectivity index (χ4n) is 2.27. The van der Waals surface area contributed by atoms with Crippen LogP contribution in [-0.4, -0.2) is 60.6 Å². The molecule has 1 atom stereocenters. The fraction of sp³-hybridized carbons (Fsp3) is 0.467. The van der Waals surface area contributed by atoms with E-state index in [0.717, 1.165) is 0 Å². The second kappa shape index (κ2) is 7.31. The van der Waals surface area contributed by atoms with Crippen LogP contribution in [0.15, 0.2) is 24.3 Å². The van der Waals surface area contributed by atoms with Gasteiger partial charge in [-0.15, -0.1) is 0 Å². The Labute approximate surface area is 123 Å². The maximum Gasteiger partial charge on any atom is 0.238 e. The Morgan fingerprint density at radius 2 is 2.29 bits per heavy atom. The van der Waals surface area contributed by atoms with Crippen LogP contribution in [0.5, 0.6) is 0 Å². The SMILES string of the molecule is CC(=O)c1cccc(NC(=O)CN2CCOCC2CO)c1. The first kappa shape index (κ1) is 15.6. The molecule has 114 valence electrons. The van der Waals surface area contributed by atoms with E-state index in [1.807, 2.05) is 4.90 Å². The van der Waals surface area contributed by atoms with Crippen molar-refractivity contribution in [2.75, 3.05) is 38.2 Å². The second-order valence-electron chi connectivity index (χ2n) is 5.07. The van der Waals surface area contributed by atoms with E-state index in [2.05, 4.69) is 5.32 Å². The highest BCUT2D eigenvalue weighted by Crippen LogP contribution is 2.12. The van der Waals surface area contributed by atoms with E-state index in [1.165, 1.54) is 6.92 Å². The zero-order chi connectivity index (χ0) is 15.2. The van der Waals surface area contributed by atoms with Gasteiger partial charge >= 0.3 is 0 Å². The summed E-state index contributed by atoms with van der Waals surface area (Å²) >= 11 is 0. The molecule has 1 aliphatic rings. The van der Waals surface area contributed by atoms with Gasteiger partial charge in [-0.2, -0.15) is 0 Å². The molecule has 0 bridgehead atoms. The van der Waals surface area contributed by atoms with Crippen LogP contribution in [0, 0.1) is 0 Å². The summed E-state index contributed by atoms with van der Waals surface area (Å²) in [6.07, 6.45) is 0. The molecule has 0 aliphatic carbocycles. The Balaban J connectivity index is 1.95. The van der Waals surface area contributed by atoms with Crippen LogP contribution >= 0.6 is 0 Å². The minimum atomic E-state index is -0.170. The van der Waals surface area contributed by atoms with Crippen LogP contribution in [0.3, 0.4) is 0 Å². The van der Waals surface area contributed by atoms with E-state index in [1.54, 1.807) is 24.3 Å². The van der Waals surface area contributed by atoms with E-state index in [-0.39, 0.29) is 30.9 Å². The Hall–Kier alpha value is -1.76. The molecule has 1 heterocycles. The van der Waals surface area contributed by atoms with Crippen LogP contribution in [0.2, 0.25) is 0 Å². The number of morpholine rings is 1. The normalized spacial score (nSPS) is 19.2. The number of ketones is 1. The average molecular weight is 292 g/mol. The first-order valence-electron chi connectivity index (χ1n) is 6.93. The van der Waals surface area contributed by atoms with Crippen molar-refractivity contribution in [2.24, 2.45) is 0 Å². The number of amides is 1. The number of rotatable bonds is 5.